The Labute approximate surface area is 184 Å². The molecule has 1 heterocycles. The summed E-state index contributed by atoms with van der Waals surface area (Å²) >= 11 is 6.04. The van der Waals surface area contributed by atoms with Crippen LogP contribution in [-0.2, 0) is 17.8 Å². The van der Waals surface area contributed by atoms with Crippen LogP contribution in [0.15, 0.2) is 48.5 Å². The number of aryl methyl sites for hydroxylation is 1. The maximum Gasteiger partial charge on any atom is 0.223 e. The van der Waals surface area contributed by atoms with E-state index in [0.717, 1.165) is 68.0 Å². The number of carbonyl (C=O) groups excluding carboxylic acids is 1. The number of imidazole rings is 1. The monoisotopic (exact) mass is 425 g/mol. The highest BCUT2D eigenvalue weighted by atomic mass is 35.5. The topological polar surface area (TPSA) is 46.9 Å². The molecule has 0 aliphatic rings. The third-order valence-electron chi connectivity index (χ3n) is 5.72. The van der Waals surface area contributed by atoms with Crippen molar-refractivity contribution in [3.8, 4) is 0 Å². The highest BCUT2D eigenvalue weighted by Crippen LogP contribution is 2.20. The Kier molecular flexibility index (Phi) is 8.32. The van der Waals surface area contributed by atoms with Crippen molar-refractivity contribution in [3.05, 3.63) is 64.9 Å². The quantitative estimate of drug-likeness (QED) is 0.383. The lowest BCUT2D eigenvalue weighted by molar-refractivity contribution is -0.125. The summed E-state index contributed by atoms with van der Waals surface area (Å²) in [7, 11) is 0. The Balaban J connectivity index is 1.56. The van der Waals surface area contributed by atoms with Crippen LogP contribution < -0.4 is 5.32 Å². The number of halogens is 1. The van der Waals surface area contributed by atoms with Crippen LogP contribution in [0, 0.1) is 5.92 Å². The maximum atomic E-state index is 12.1. The van der Waals surface area contributed by atoms with Gasteiger partial charge in [-0.15, -0.1) is 0 Å². The number of aromatic nitrogens is 2. The molecule has 1 amide bonds. The molecule has 0 spiro atoms. The molecule has 2 aromatic carbocycles. The zero-order valence-corrected chi connectivity index (χ0v) is 18.8. The van der Waals surface area contributed by atoms with E-state index in [4.69, 9.17) is 16.6 Å². The molecule has 0 atom stereocenters. The Hall–Kier alpha value is -2.33. The molecule has 0 saturated heterocycles. The molecule has 0 unspecified atom stereocenters. The van der Waals surface area contributed by atoms with Crippen LogP contribution in [0.4, 0.5) is 0 Å². The van der Waals surface area contributed by atoms with Crippen molar-refractivity contribution in [2.75, 3.05) is 6.54 Å². The third-order valence-corrected chi connectivity index (χ3v) is 5.97. The van der Waals surface area contributed by atoms with Crippen molar-refractivity contribution >= 4 is 28.5 Å². The molecule has 30 heavy (non-hydrogen) atoms. The summed E-state index contributed by atoms with van der Waals surface area (Å²) in [5, 5.41) is 3.84. The Morgan fingerprint density at radius 1 is 1.03 bits per heavy atom. The minimum Gasteiger partial charge on any atom is -0.356 e. The number of rotatable bonds is 11. The van der Waals surface area contributed by atoms with Crippen molar-refractivity contribution in [1.29, 1.82) is 0 Å². The Morgan fingerprint density at radius 3 is 2.50 bits per heavy atom. The number of para-hydroxylation sites is 2. The van der Waals surface area contributed by atoms with E-state index in [2.05, 4.69) is 54.1 Å². The lowest BCUT2D eigenvalue weighted by atomic mass is 10.0. The van der Waals surface area contributed by atoms with Crippen LogP contribution in [0.25, 0.3) is 11.0 Å². The molecule has 1 aromatic heterocycles. The van der Waals surface area contributed by atoms with E-state index in [1.165, 1.54) is 11.1 Å². The number of nitrogens with one attached hydrogen (secondary N) is 1. The van der Waals surface area contributed by atoms with Gasteiger partial charge in [-0.25, -0.2) is 4.98 Å². The molecular formula is C25H32ClN3O. The molecule has 3 aromatic rings. The lowest BCUT2D eigenvalue weighted by Gasteiger charge is -2.12. The molecule has 3 rings (SSSR count). The highest BCUT2D eigenvalue weighted by molar-refractivity contribution is 6.30. The summed E-state index contributed by atoms with van der Waals surface area (Å²) in [4.78, 5) is 17.0. The molecule has 0 aliphatic carbocycles. The minimum atomic E-state index is 0.151. The van der Waals surface area contributed by atoms with Crippen LogP contribution >= 0.6 is 11.6 Å². The molecule has 160 valence electrons. The molecule has 0 bridgehead atoms. The zero-order chi connectivity index (χ0) is 21.3. The van der Waals surface area contributed by atoms with Gasteiger partial charge < -0.3 is 9.88 Å². The van der Waals surface area contributed by atoms with Crippen LogP contribution in [0.1, 0.15) is 57.3 Å². The first-order valence-electron chi connectivity index (χ1n) is 11.1. The lowest BCUT2D eigenvalue weighted by Crippen LogP contribution is -2.30. The summed E-state index contributed by atoms with van der Waals surface area (Å²) in [5.74, 6) is 1.47. The summed E-state index contributed by atoms with van der Waals surface area (Å²) in [6.45, 7) is 5.70. The second-order valence-corrected chi connectivity index (χ2v) is 8.28. The first-order valence-corrected chi connectivity index (χ1v) is 11.5. The predicted octanol–water partition coefficient (Wildman–Crippen LogP) is 6.00. The van der Waals surface area contributed by atoms with Crippen molar-refractivity contribution in [2.45, 2.75) is 58.9 Å². The van der Waals surface area contributed by atoms with Gasteiger partial charge in [0.25, 0.3) is 0 Å². The number of benzene rings is 2. The van der Waals surface area contributed by atoms with Gasteiger partial charge in [-0.2, -0.15) is 0 Å². The standard InChI is InChI=1S/C25H32ClN3O/c1-3-20(4-2)25(30)27-17-9-5-6-12-24-28-22-10-7-8-11-23(22)29(24)18-19-13-15-21(26)16-14-19/h7-8,10-11,13-16,20H,3-6,9,12,17-18H2,1-2H3,(H,27,30). The number of amides is 1. The van der Waals surface area contributed by atoms with Crippen molar-refractivity contribution in [3.63, 3.8) is 0 Å². The number of fused-ring (bicyclic) bond motifs is 1. The fourth-order valence-electron chi connectivity index (χ4n) is 3.87. The SMILES string of the molecule is CCC(CC)C(=O)NCCCCCc1nc2ccccc2n1Cc1ccc(Cl)cc1. The summed E-state index contributed by atoms with van der Waals surface area (Å²) < 4.78 is 2.31. The Bertz CT molecular complexity index is 945. The van der Waals surface area contributed by atoms with E-state index in [9.17, 15) is 4.79 Å². The van der Waals surface area contributed by atoms with Crippen LogP contribution in [0.5, 0.6) is 0 Å². The number of hydrogen-bond acceptors (Lipinski definition) is 2. The zero-order valence-electron chi connectivity index (χ0n) is 18.0. The van der Waals surface area contributed by atoms with Crippen molar-refractivity contribution in [1.82, 2.24) is 14.9 Å². The number of carbonyl (C=O) groups is 1. The van der Waals surface area contributed by atoms with E-state index in [1.807, 2.05) is 18.2 Å². The second-order valence-electron chi connectivity index (χ2n) is 7.84. The molecule has 0 aliphatic heterocycles. The van der Waals surface area contributed by atoms with Gasteiger partial charge >= 0.3 is 0 Å². The van der Waals surface area contributed by atoms with E-state index in [-0.39, 0.29) is 11.8 Å². The highest BCUT2D eigenvalue weighted by Gasteiger charge is 2.13. The van der Waals surface area contributed by atoms with Crippen molar-refractivity contribution < 1.29 is 4.79 Å². The van der Waals surface area contributed by atoms with Gasteiger partial charge in [0.1, 0.15) is 5.82 Å². The number of hydrogen-bond donors (Lipinski definition) is 1. The fourth-order valence-corrected chi connectivity index (χ4v) is 3.99. The Morgan fingerprint density at radius 2 is 1.77 bits per heavy atom. The molecule has 0 radical (unpaired) electrons. The third kappa shape index (κ3) is 5.85. The van der Waals surface area contributed by atoms with Gasteiger partial charge in [0.2, 0.25) is 5.91 Å². The van der Waals surface area contributed by atoms with Crippen molar-refractivity contribution in [2.24, 2.45) is 5.92 Å². The smallest absolute Gasteiger partial charge is 0.223 e. The number of unbranched alkanes of at least 4 members (excludes halogenated alkanes) is 2. The molecule has 4 nitrogen and oxygen atoms in total. The van der Waals surface area contributed by atoms with E-state index in [1.54, 1.807) is 0 Å². The fraction of sp³-hybridized carbons (Fsp3) is 0.440. The molecule has 0 saturated carbocycles. The van der Waals surface area contributed by atoms with Gasteiger partial charge in [0.15, 0.2) is 0 Å². The molecule has 5 heteroatoms. The van der Waals surface area contributed by atoms with Crippen LogP contribution in [0.2, 0.25) is 5.02 Å². The predicted molar refractivity (Wildman–Crippen MR) is 125 cm³/mol. The van der Waals surface area contributed by atoms with Crippen LogP contribution in [0.3, 0.4) is 0 Å². The maximum absolute atomic E-state index is 12.1. The molecule has 1 N–H and O–H groups in total. The largest absolute Gasteiger partial charge is 0.356 e. The average Bonchev–Trinajstić information content (AvgIpc) is 3.10. The van der Waals surface area contributed by atoms with Gasteiger partial charge in [-0.3, -0.25) is 4.79 Å². The summed E-state index contributed by atoms with van der Waals surface area (Å²) in [6.07, 6.45) is 5.89. The first kappa shape index (κ1) is 22.4. The van der Waals surface area contributed by atoms with Gasteiger partial charge in [0.05, 0.1) is 11.0 Å². The minimum absolute atomic E-state index is 0.151. The second kappa shape index (κ2) is 11.2. The normalized spacial score (nSPS) is 11.3. The van der Waals surface area contributed by atoms with Gasteiger partial charge in [0, 0.05) is 30.5 Å². The molecule has 0 fully saturated rings. The summed E-state index contributed by atoms with van der Waals surface area (Å²) in [5.41, 5.74) is 3.42. The first-order chi connectivity index (χ1) is 14.6. The average molecular weight is 426 g/mol. The molecular weight excluding hydrogens is 394 g/mol. The van der Waals surface area contributed by atoms with E-state index in [0.29, 0.717) is 0 Å². The van der Waals surface area contributed by atoms with Crippen LogP contribution in [-0.4, -0.2) is 22.0 Å². The number of nitrogens with zero attached hydrogens (tertiary/aromatic N) is 2. The van der Waals surface area contributed by atoms with E-state index < -0.39 is 0 Å². The van der Waals surface area contributed by atoms with Gasteiger partial charge in [-0.05, 0) is 55.5 Å². The van der Waals surface area contributed by atoms with E-state index >= 15 is 0 Å². The van der Waals surface area contributed by atoms with Gasteiger partial charge in [-0.1, -0.05) is 56.1 Å². The summed E-state index contributed by atoms with van der Waals surface area (Å²) in [6, 6.07) is 16.3.